The van der Waals surface area contributed by atoms with Crippen molar-refractivity contribution in [3.05, 3.63) is 140 Å². The average molecular weight is 721 g/mol. The molecule has 2 aliphatic carbocycles. The van der Waals surface area contributed by atoms with Crippen LogP contribution in [0.4, 0.5) is 21.5 Å². The third-order valence-electron chi connectivity index (χ3n) is 11.2. The molecule has 3 fully saturated rings. The molecule has 0 aromatic heterocycles. The lowest BCUT2D eigenvalue weighted by molar-refractivity contribution is -0.384. The molecule has 2 N–H and O–H groups in total. The smallest absolute Gasteiger partial charge is 0.269 e. The van der Waals surface area contributed by atoms with Crippen LogP contribution in [0.25, 0.3) is 0 Å². The summed E-state index contributed by atoms with van der Waals surface area (Å²) in [5.41, 5.74) is 3.56. The van der Waals surface area contributed by atoms with Gasteiger partial charge in [-0.2, -0.15) is 5.01 Å². The maximum absolute atomic E-state index is 15.2. The molecule has 4 aromatic rings. The second kappa shape index (κ2) is 12.1. The summed E-state index contributed by atoms with van der Waals surface area (Å²) in [5, 5.41) is 24.3. The van der Waals surface area contributed by atoms with Crippen LogP contribution in [-0.2, 0) is 24.6 Å². The van der Waals surface area contributed by atoms with Gasteiger partial charge in [0.1, 0.15) is 11.6 Å². The fourth-order valence-electron chi connectivity index (χ4n) is 8.89. The van der Waals surface area contributed by atoms with E-state index in [1.807, 2.05) is 6.08 Å². The first kappa shape index (κ1) is 33.3. The molecule has 6 atom stereocenters. The van der Waals surface area contributed by atoms with Crippen molar-refractivity contribution < 1.29 is 33.6 Å². The molecule has 1 saturated carbocycles. The van der Waals surface area contributed by atoms with Crippen molar-refractivity contribution in [1.29, 1.82) is 0 Å². The van der Waals surface area contributed by atoms with Gasteiger partial charge in [-0.3, -0.25) is 39.6 Å². The van der Waals surface area contributed by atoms with Gasteiger partial charge in [0, 0.05) is 28.6 Å². The van der Waals surface area contributed by atoms with Crippen molar-refractivity contribution in [2.45, 2.75) is 31.1 Å². The molecule has 52 heavy (non-hydrogen) atoms. The van der Waals surface area contributed by atoms with Gasteiger partial charge in [0.05, 0.1) is 39.5 Å². The summed E-state index contributed by atoms with van der Waals surface area (Å²) in [6.07, 6.45) is 2.02. The van der Waals surface area contributed by atoms with E-state index < -0.39 is 69.4 Å². The number of carbonyl (C=O) groups excluding carboxylic acids is 4. The number of carbonyl (C=O) groups is 4. The van der Waals surface area contributed by atoms with Crippen LogP contribution in [0.1, 0.15) is 35.4 Å². The summed E-state index contributed by atoms with van der Waals surface area (Å²) in [6, 6.07) is 22.2. The number of amides is 4. The van der Waals surface area contributed by atoms with E-state index in [2.05, 4.69) is 5.43 Å². The number of hydrazine groups is 1. The molecule has 0 bridgehead atoms. The Kier molecular flexibility index (Phi) is 7.76. The van der Waals surface area contributed by atoms with Crippen LogP contribution in [0.3, 0.4) is 0 Å². The molecular formula is C39H30ClFN4O7. The number of nitro groups is 1. The number of rotatable bonds is 6. The number of fused-ring (bicyclic) bond motifs is 4. The number of phenols is 1. The SMILES string of the molecule is Cc1cccc([C@H]2C3=CC[C@@H]4C(=O)N(c5ccc([N+](=O)[O-])cc5)C(=O)[C@@H]4[C@@H]3C[C@H]3C(=O)N(Nc4ccc(F)cc4)C(=O)[C@@]23c2ccc(Cl)cc2)c1O. The quantitative estimate of drug-likeness (QED) is 0.0981. The highest BCUT2D eigenvalue weighted by Gasteiger charge is 2.70. The Labute approximate surface area is 301 Å². The number of aromatic hydroxyl groups is 1. The van der Waals surface area contributed by atoms with Crippen molar-refractivity contribution in [1.82, 2.24) is 5.01 Å². The normalized spacial score (nSPS) is 26.5. The minimum absolute atomic E-state index is 0.0119. The summed E-state index contributed by atoms with van der Waals surface area (Å²) in [7, 11) is 0. The predicted molar refractivity (Wildman–Crippen MR) is 187 cm³/mol. The zero-order valence-corrected chi connectivity index (χ0v) is 28.3. The van der Waals surface area contributed by atoms with Gasteiger partial charge in [-0.1, -0.05) is 53.6 Å². The van der Waals surface area contributed by atoms with E-state index in [0.29, 0.717) is 27.3 Å². The molecule has 2 aliphatic heterocycles. The molecule has 8 rings (SSSR count). The van der Waals surface area contributed by atoms with E-state index in [1.165, 1.54) is 48.5 Å². The lowest BCUT2D eigenvalue weighted by Crippen LogP contribution is -2.53. The Balaban J connectivity index is 1.31. The number of nitrogens with zero attached hydrogens (tertiary/aromatic N) is 3. The zero-order valence-electron chi connectivity index (χ0n) is 27.5. The van der Waals surface area contributed by atoms with E-state index in [-0.39, 0.29) is 35.7 Å². The lowest BCUT2D eigenvalue weighted by atomic mass is 9.49. The Hall–Kier alpha value is -5.88. The molecule has 0 unspecified atom stereocenters. The number of allylic oxidation sites excluding steroid dienone is 2. The Bertz CT molecular complexity index is 2230. The Morgan fingerprint density at radius 1 is 0.904 bits per heavy atom. The molecule has 13 heteroatoms. The molecule has 2 saturated heterocycles. The van der Waals surface area contributed by atoms with Crippen LogP contribution in [0, 0.1) is 46.5 Å². The van der Waals surface area contributed by atoms with E-state index in [1.54, 1.807) is 49.4 Å². The van der Waals surface area contributed by atoms with Gasteiger partial charge in [-0.05, 0) is 85.3 Å². The predicted octanol–water partition coefficient (Wildman–Crippen LogP) is 6.59. The van der Waals surface area contributed by atoms with Crippen LogP contribution in [0.2, 0.25) is 5.02 Å². The van der Waals surface area contributed by atoms with Crippen molar-refractivity contribution in [2.75, 3.05) is 10.3 Å². The molecule has 262 valence electrons. The summed E-state index contributed by atoms with van der Waals surface area (Å²) < 4.78 is 13.8. The van der Waals surface area contributed by atoms with Gasteiger partial charge in [0.2, 0.25) is 11.8 Å². The molecule has 2 heterocycles. The fourth-order valence-corrected chi connectivity index (χ4v) is 9.02. The highest BCUT2D eigenvalue weighted by atomic mass is 35.5. The molecule has 0 spiro atoms. The third-order valence-corrected chi connectivity index (χ3v) is 11.4. The van der Waals surface area contributed by atoms with Gasteiger partial charge < -0.3 is 5.11 Å². The number of nitrogens with one attached hydrogen (secondary N) is 1. The first-order chi connectivity index (χ1) is 24.9. The third kappa shape index (κ3) is 4.77. The number of hydrogen-bond acceptors (Lipinski definition) is 8. The lowest BCUT2D eigenvalue weighted by Gasteiger charge is -2.50. The minimum Gasteiger partial charge on any atom is -0.507 e. The number of anilines is 2. The number of hydrogen-bond donors (Lipinski definition) is 2. The Morgan fingerprint density at radius 2 is 1.60 bits per heavy atom. The fraction of sp³-hybridized carbons (Fsp3) is 0.231. The zero-order chi connectivity index (χ0) is 36.6. The maximum Gasteiger partial charge on any atom is 0.269 e. The van der Waals surface area contributed by atoms with E-state index in [0.717, 1.165) is 9.91 Å². The Morgan fingerprint density at radius 3 is 2.27 bits per heavy atom. The van der Waals surface area contributed by atoms with E-state index >= 15 is 4.79 Å². The monoisotopic (exact) mass is 720 g/mol. The van der Waals surface area contributed by atoms with Crippen molar-refractivity contribution >= 4 is 52.3 Å². The molecule has 0 radical (unpaired) electrons. The highest BCUT2D eigenvalue weighted by Crippen LogP contribution is 2.65. The number of benzene rings is 4. The summed E-state index contributed by atoms with van der Waals surface area (Å²) in [4.78, 5) is 70.1. The van der Waals surface area contributed by atoms with Gasteiger partial charge in [-0.25, -0.2) is 4.39 Å². The van der Waals surface area contributed by atoms with E-state index in [9.17, 15) is 34.0 Å². The molecule has 4 aromatic carbocycles. The number of imide groups is 2. The average Bonchev–Trinajstić information content (AvgIpc) is 3.51. The second-order valence-electron chi connectivity index (χ2n) is 13.7. The molecule has 4 amide bonds. The molecular weight excluding hydrogens is 691 g/mol. The maximum atomic E-state index is 15.2. The van der Waals surface area contributed by atoms with Gasteiger partial charge in [0.15, 0.2) is 0 Å². The van der Waals surface area contributed by atoms with Crippen LogP contribution in [-0.4, -0.2) is 38.7 Å². The number of halogens is 2. The van der Waals surface area contributed by atoms with Crippen LogP contribution in [0.5, 0.6) is 5.75 Å². The molecule has 11 nitrogen and oxygen atoms in total. The number of phenolic OH excluding ortho intramolecular Hbond substituents is 1. The number of aryl methyl sites for hydroxylation is 1. The number of non-ortho nitro benzene ring substituents is 1. The van der Waals surface area contributed by atoms with Crippen LogP contribution in [0.15, 0.2) is 103 Å². The van der Waals surface area contributed by atoms with Crippen LogP contribution >= 0.6 is 11.6 Å². The van der Waals surface area contributed by atoms with Gasteiger partial charge >= 0.3 is 0 Å². The first-order valence-electron chi connectivity index (χ1n) is 16.7. The van der Waals surface area contributed by atoms with Crippen molar-refractivity contribution in [2.24, 2.45) is 23.7 Å². The standard InChI is InChI=1S/C39H30ClFN4O7/c1-20-3-2-4-29(34(20)46)33-27-17-18-28-32(37(49)43(35(28)47)25-13-15-26(16-14-25)45(51)52)30(27)19-31-36(48)44(42-24-11-9-23(41)10-12-24)38(50)39(31,33)21-5-7-22(40)8-6-21/h2-17,28,30-33,42,46H,18-19H2,1H3/t28-,30+,31-,32-,33+,39+/m0/s1. The summed E-state index contributed by atoms with van der Waals surface area (Å²) in [6.45, 7) is 1.72. The highest BCUT2D eigenvalue weighted by molar-refractivity contribution is 6.30. The largest absolute Gasteiger partial charge is 0.507 e. The number of nitro benzene ring substituents is 1. The van der Waals surface area contributed by atoms with Crippen molar-refractivity contribution in [3.8, 4) is 5.75 Å². The van der Waals surface area contributed by atoms with Crippen molar-refractivity contribution in [3.63, 3.8) is 0 Å². The first-order valence-corrected chi connectivity index (χ1v) is 17.1. The minimum atomic E-state index is -1.64. The van der Waals surface area contributed by atoms with Gasteiger partial charge in [-0.15, -0.1) is 0 Å². The summed E-state index contributed by atoms with van der Waals surface area (Å²) >= 11 is 6.33. The molecule has 4 aliphatic rings. The van der Waals surface area contributed by atoms with Gasteiger partial charge in [0.25, 0.3) is 17.5 Å². The second-order valence-corrected chi connectivity index (χ2v) is 14.1. The van der Waals surface area contributed by atoms with E-state index in [4.69, 9.17) is 11.6 Å². The van der Waals surface area contributed by atoms with Crippen LogP contribution < -0.4 is 10.3 Å². The topological polar surface area (TPSA) is 150 Å². The summed E-state index contributed by atoms with van der Waals surface area (Å²) in [5.74, 6) is -7.20. The number of para-hydroxylation sites is 1.